The lowest BCUT2D eigenvalue weighted by Crippen LogP contribution is -2.19. The van der Waals surface area contributed by atoms with Gasteiger partial charge in [0.05, 0.1) is 20.6 Å². The summed E-state index contributed by atoms with van der Waals surface area (Å²) in [6, 6.07) is 4.62. The van der Waals surface area contributed by atoms with Crippen molar-refractivity contribution in [2.45, 2.75) is 12.7 Å². The van der Waals surface area contributed by atoms with Crippen molar-refractivity contribution in [3.8, 4) is 0 Å². The summed E-state index contributed by atoms with van der Waals surface area (Å²) in [7, 11) is 0. The van der Waals surface area contributed by atoms with Gasteiger partial charge in [-0.15, -0.1) is 0 Å². The molecule has 0 fully saturated rings. The van der Waals surface area contributed by atoms with Crippen LogP contribution in [0.25, 0.3) is 11.0 Å². The molecule has 0 saturated carbocycles. The third kappa shape index (κ3) is 3.83. The van der Waals surface area contributed by atoms with E-state index in [9.17, 15) is 22.4 Å². The van der Waals surface area contributed by atoms with E-state index in [1.54, 1.807) is 0 Å². The molecule has 3 rings (SSSR count). The van der Waals surface area contributed by atoms with Crippen LogP contribution in [0.3, 0.4) is 0 Å². The Morgan fingerprint density at radius 2 is 1.93 bits per heavy atom. The van der Waals surface area contributed by atoms with Crippen LogP contribution in [-0.2, 0) is 6.54 Å². The fourth-order valence-electron chi connectivity index (χ4n) is 2.57. The number of halogens is 7. The van der Waals surface area contributed by atoms with Gasteiger partial charge in [-0.2, -0.15) is 13.2 Å². The van der Waals surface area contributed by atoms with Gasteiger partial charge in [0, 0.05) is 10.0 Å². The Bertz CT molecular complexity index is 1080. The smallest absolute Gasteiger partial charge is 0.369 e. The summed E-state index contributed by atoms with van der Waals surface area (Å²) >= 11 is 12.4. The second kappa shape index (κ2) is 7.06. The number of nitrogens with two attached hydrogens (primary N) is 1. The van der Waals surface area contributed by atoms with Crippen LogP contribution in [0.5, 0.6) is 0 Å². The Kier molecular flexibility index (Phi) is 5.26. The van der Waals surface area contributed by atoms with E-state index in [0.29, 0.717) is 0 Å². The first kappa shape index (κ1) is 20.1. The number of carbonyl (C=O) groups excluding carboxylic acids is 1. The highest BCUT2D eigenvalue weighted by Gasteiger charge is 2.31. The number of hydrogen-bond donors (Lipinski definition) is 1. The number of benzene rings is 2. The molecule has 2 N–H and O–H groups in total. The largest absolute Gasteiger partial charge is 0.406 e. The van der Waals surface area contributed by atoms with Gasteiger partial charge < -0.3 is 10.3 Å². The molecule has 1 heterocycles. The lowest BCUT2D eigenvalue weighted by atomic mass is 10.0. The predicted molar refractivity (Wildman–Crippen MR) is 100 cm³/mol. The lowest BCUT2D eigenvalue weighted by Gasteiger charge is -2.12. The molecule has 142 valence electrons. The van der Waals surface area contributed by atoms with Crippen molar-refractivity contribution in [2.75, 3.05) is 5.73 Å². The Balaban J connectivity index is 2.21. The molecule has 0 radical (unpaired) electrons. The minimum atomic E-state index is -4.51. The van der Waals surface area contributed by atoms with Gasteiger partial charge in [0.1, 0.15) is 17.9 Å². The monoisotopic (exact) mass is 527 g/mol. The summed E-state index contributed by atoms with van der Waals surface area (Å²) < 4.78 is 53.0. The number of aromatic nitrogens is 2. The number of alkyl halides is 3. The Morgan fingerprint density at radius 1 is 1.26 bits per heavy atom. The molecule has 0 unspecified atom stereocenters. The SMILES string of the molecule is Nc1nc2c(Br)c(C(=O)c3cc(F)ccc3Cl)c(Br)cc2n1CC(F)(F)F. The summed E-state index contributed by atoms with van der Waals surface area (Å²) in [6.07, 6.45) is -4.51. The van der Waals surface area contributed by atoms with E-state index < -0.39 is 24.3 Å². The molecule has 0 bridgehead atoms. The van der Waals surface area contributed by atoms with E-state index in [4.69, 9.17) is 17.3 Å². The highest BCUT2D eigenvalue weighted by atomic mass is 79.9. The first-order valence-corrected chi connectivity index (χ1v) is 9.16. The molecule has 0 aliphatic rings. The summed E-state index contributed by atoms with van der Waals surface area (Å²) in [5, 5.41) is 0.0300. The van der Waals surface area contributed by atoms with Gasteiger partial charge >= 0.3 is 6.18 Å². The fraction of sp³-hybridized carbons (Fsp3) is 0.125. The average Bonchev–Trinajstić information content (AvgIpc) is 2.85. The van der Waals surface area contributed by atoms with Crippen LogP contribution in [0, 0.1) is 5.82 Å². The van der Waals surface area contributed by atoms with Crippen molar-refractivity contribution < 1.29 is 22.4 Å². The van der Waals surface area contributed by atoms with Gasteiger partial charge in [-0.1, -0.05) is 11.6 Å². The summed E-state index contributed by atoms with van der Waals surface area (Å²) in [4.78, 5) is 16.8. The topological polar surface area (TPSA) is 60.9 Å². The van der Waals surface area contributed by atoms with E-state index in [0.717, 1.165) is 16.7 Å². The molecule has 1 aromatic heterocycles. The number of hydrogen-bond acceptors (Lipinski definition) is 3. The molecule has 0 spiro atoms. The number of fused-ring (bicyclic) bond motifs is 1. The zero-order valence-corrected chi connectivity index (χ0v) is 17.0. The predicted octanol–water partition coefficient (Wildman–Crippen LogP) is 5.73. The number of imidazole rings is 1. The molecule has 0 amide bonds. The van der Waals surface area contributed by atoms with E-state index in [1.165, 1.54) is 12.1 Å². The highest BCUT2D eigenvalue weighted by molar-refractivity contribution is 9.11. The number of rotatable bonds is 3. The van der Waals surface area contributed by atoms with Gasteiger partial charge in [0.25, 0.3) is 0 Å². The number of anilines is 1. The minimum Gasteiger partial charge on any atom is -0.369 e. The number of ketones is 1. The van der Waals surface area contributed by atoms with Crippen LogP contribution in [0.4, 0.5) is 23.5 Å². The molecule has 2 aromatic carbocycles. The standard InChI is InChI=1S/C16H8Br2ClF4N3O/c17-8-4-10-13(25-15(24)26(10)5-16(21,22)23)12(18)11(8)14(27)7-3-6(20)1-2-9(7)19/h1-4H,5H2,(H2,24,25). The minimum absolute atomic E-state index is 0.0300. The molecule has 0 aliphatic heterocycles. The van der Waals surface area contributed by atoms with Crippen LogP contribution in [0.2, 0.25) is 5.02 Å². The van der Waals surface area contributed by atoms with Crippen LogP contribution in [-0.4, -0.2) is 21.5 Å². The first-order chi connectivity index (χ1) is 12.5. The van der Waals surface area contributed by atoms with Crippen LogP contribution in [0.1, 0.15) is 15.9 Å². The molecule has 11 heteroatoms. The van der Waals surface area contributed by atoms with Crippen LogP contribution < -0.4 is 5.73 Å². The zero-order valence-electron chi connectivity index (χ0n) is 13.0. The summed E-state index contributed by atoms with van der Waals surface area (Å²) in [5.41, 5.74) is 5.70. The van der Waals surface area contributed by atoms with Gasteiger partial charge in [0.15, 0.2) is 5.78 Å². The van der Waals surface area contributed by atoms with Crippen molar-refractivity contribution >= 4 is 66.2 Å². The third-order valence-corrected chi connectivity index (χ3v) is 5.43. The third-order valence-electron chi connectivity index (χ3n) is 3.70. The molecule has 0 aliphatic carbocycles. The van der Waals surface area contributed by atoms with E-state index >= 15 is 0 Å². The van der Waals surface area contributed by atoms with Gasteiger partial charge in [-0.25, -0.2) is 9.37 Å². The van der Waals surface area contributed by atoms with Crippen molar-refractivity contribution in [1.29, 1.82) is 0 Å². The maximum atomic E-state index is 13.5. The van der Waals surface area contributed by atoms with Gasteiger partial charge in [-0.3, -0.25) is 4.79 Å². The van der Waals surface area contributed by atoms with Gasteiger partial charge in [-0.05, 0) is 56.1 Å². The summed E-state index contributed by atoms with van der Waals surface area (Å²) in [6.45, 7) is -1.34. The molecule has 27 heavy (non-hydrogen) atoms. The number of nitrogens with zero attached hydrogens (tertiary/aromatic N) is 2. The molecular formula is C16H8Br2ClF4N3O. The van der Waals surface area contributed by atoms with Crippen molar-refractivity contribution in [2.24, 2.45) is 0 Å². The maximum absolute atomic E-state index is 13.5. The Labute approximate surface area is 171 Å². The van der Waals surface area contributed by atoms with Crippen molar-refractivity contribution in [3.05, 3.63) is 55.2 Å². The first-order valence-electron chi connectivity index (χ1n) is 7.20. The molecule has 0 atom stereocenters. The van der Waals surface area contributed by atoms with Crippen LogP contribution in [0.15, 0.2) is 33.2 Å². The van der Waals surface area contributed by atoms with E-state index in [1.807, 2.05) is 0 Å². The Morgan fingerprint density at radius 3 is 2.56 bits per heavy atom. The second-order valence-electron chi connectivity index (χ2n) is 5.54. The summed E-state index contributed by atoms with van der Waals surface area (Å²) in [5.74, 6) is -1.65. The van der Waals surface area contributed by atoms with Crippen molar-refractivity contribution in [1.82, 2.24) is 9.55 Å². The van der Waals surface area contributed by atoms with Crippen molar-refractivity contribution in [3.63, 3.8) is 0 Å². The average molecular weight is 530 g/mol. The van der Waals surface area contributed by atoms with Gasteiger partial charge in [0.2, 0.25) is 5.95 Å². The molecule has 0 saturated heterocycles. The Hall–Kier alpha value is -1.65. The van der Waals surface area contributed by atoms with E-state index in [-0.39, 0.29) is 42.1 Å². The normalized spacial score (nSPS) is 12.0. The lowest BCUT2D eigenvalue weighted by molar-refractivity contribution is -0.139. The maximum Gasteiger partial charge on any atom is 0.406 e. The number of nitrogen functional groups attached to an aromatic ring is 1. The molecule has 4 nitrogen and oxygen atoms in total. The fourth-order valence-corrected chi connectivity index (χ4v) is 4.32. The molecule has 3 aromatic rings. The molecular weight excluding hydrogens is 521 g/mol. The van der Waals surface area contributed by atoms with Crippen LogP contribution >= 0.6 is 43.5 Å². The highest BCUT2D eigenvalue weighted by Crippen LogP contribution is 2.37. The van der Waals surface area contributed by atoms with E-state index in [2.05, 4.69) is 36.8 Å². The zero-order chi connectivity index (χ0) is 20.1. The number of carbonyl (C=O) groups is 1. The second-order valence-corrected chi connectivity index (χ2v) is 7.59. The quantitative estimate of drug-likeness (QED) is 0.348.